The van der Waals surface area contributed by atoms with Crippen LogP contribution in [0, 0.1) is 11.3 Å². The van der Waals surface area contributed by atoms with Crippen molar-refractivity contribution in [3.63, 3.8) is 0 Å². The Morgan fingerprint density at radius 3 is 2.86 bits per heavy atom. The second kappa shape index (κ2) is 7.90. The number of hydrogen-bond donors (Lipinski definition) is 1. The van der Waals surface area contributed by atoms with Crippen molar-refractivity contribution in [3.05, 3.63) is 63.7 Å². The van der Waals surface area contributed by atoms with Crippen molar-refractivity contribution >= 4 is 35.0 Å². The number of hydrogen-bond acceptors (Lipinski definition) is 6. The smallest absolute Gasteiger partial charge is 0.229 e. The van der Waals surface area contributed by atoms with Gasteiger partial charge in [0.1, 0.15) is 0 Å². The Morgan fingerprint density at radius 1 is 1.31 bits per heavy atom. The molecule has 148 valence electrons. The van der Waals surface area contributed by atoms with E-state index in [1.165, 1.54) is 24.9 Å². The summed E-state index contributed by atoms with van der Waals surface area (Å²) in [5.41, 5.74) is 2.27. The molecule has 29 heavy (non-hydrogen) atoms. The molecule has 2 aromatic carbocycles. The molecule has 0 aromatic heterocycles. The number of aromatic hydroxyl groups is 1. The van der Waals surface area contributed by atoms with Crippen molar-refractivity contribution in [3.8, 4) is 17.6 Å². The van der Waals surface area contributed by atoms with Crippen LogP contribution in [0.15, 0.2) is 53.1 Å². The van der Waals surface area contributed by atoms with Crippen molar-refractivity contribution in [1.29, 1.82) is 5.26 Å². The van der Waals surface area contributed by atoms with Crippen LogP contribution in [0.3, 0.4) is 0 Å². The van der Waals surface area contributed by atoms with E-state index in [9.17, 15) is 15.2 Å². The van der Waals surface area contributed by atoms with Gasteiger partial charge in [-0.15, -0.1) is 0 Å². The number of benzene rings is 2. The Bertz CT molecular complexity index is 1050. The molecule has 8 heteroatoms. The number of ether oxygens (including phenoxy) is 1. The lowest BCUT2D eigenvalue weighted by Gasteiger charge is -2.42. The number of phenols is 1. The number of carbonyl (C=O) groups excluding carboxylic acids is 1. The van der Waals surface area contributed by atoms with E-state index < -0.39 is 0 Å². The van der Waals surface area contributed by atoms with Crippen LogP contribution < -0.4 is 9.64 Å². The second-order valence-corrected chi connectivity index (χ2v) is 8.14. The van der Waals surface area contributed by atoms with Crippen molar-refractivity contribution in [2.75, 3.05) is 24.6 Å². The van der Waals surface area contributed by atoms with E-state index in [4.69, 9.17) is 16.3 Å². The average molecular weight is 428 g/mol. The zero-order valence-corrected chi connectivity index (χ0v) is 17.2. The maximum Gasteiger partial charge on any atom is 0.229 e. The first-order chi connectivity index (χ1) is 14.0. The molecule has 2 aliphatic heterocycles. The molecule has 1 amide bonds. The van der Waals surface area contributed by atoms with Gasteiger partial charge in [-0.25, -0.2) is 0 Å². The van der Waals surface area contributed by atoms with Gasteiger partial charge in [-0.2, -0.15) is 5.26 Å². The number of nitrogens with zero attached hydrogens (tertiary/aromatic N) is 3. The van der Waals surface area contributed by atoms with E-state index in [2.05, 4.69) is 11.0 Å². The number of anilines is 1. The molecule has 0 aliphatic carbocycles. The first-order valence-corrected chi connectivity index (χ1v) is 10.3. The minimum absolute atomic E-state index is 0.0235. The summed E-state index contributed by atoms with van der Waals surface area (Å²) in [6.07, 6.45) is 0.185. The fourth-order valence-corrected chi connectivity index (χ4v) is 4.95. The lowest BCUT2D eigenvalue weighted by molar-refractivity contribution is -0.129. The highest BCUT2D eigenvalue weighted by Gasteiger charge is 2.38. The Balaban J connectivity index is 1.68. The van der Waals surface area contributed by atoms with Crippen LogP contribution in [-0.4, -0.2) is 35.6 Å². The standard InChI is InChI=1S/C21H18ClN3O3S/c1-28-19-7-13(5-6-18(19)26)16-9-20(27)25-11-24(12-29-21(25)17(16)10-23)15-4-2-3-14(22)8-15/h2-8,16,26H,9,11-12H2,1H3/t16-/m1/s1. The van der Waals surface area contributed by atoms with Crippen LogP contribution in [0.5, 0.6) is 11.5 Å². The van der Waals surface area contributed by atoms with Crippen LogP contribution in [-0.2, 0) is 4.79 Å². The Morgan fingerprint density at radius 2 is 2.14 bits per heavy atom. The monoisotopic (exact) mass is 427 g/mol. The highest BCUT2D eigenvalue weighted by molar-refractivity contribution is 8.03. The summed E-state index contributed by atoms with van der Waals surface area (Å²) < 4.78 is 5.18. The Hall–Kier alpha value is -2.82. The molecule has 0 spiro atoms. The third kappa shape index (κ3) is 3.61. The van der Waals surface area contributed by atoms with E-state index in [0.29, 0.717) is 33.9 Å². The average Bonchev–Trinajstić information content (AvgIpc) is 2.74. The summed E-state index contributed by atoms with van der Waals surface area (Å²) in [6.45, 7) is 0.373. The van der Waals surface area contributed by atoms with Crippen molar-refractivity contribution in [1.82, 2.24) is 4.90 Å². The molecule has 6 nitrogen and oxygen atoms in total. The molecule has 1 fully saturated rings. The number of amides is 1. The Labute approximate surface area is 177 Å². The van der Waals surface area contributed by atoms with E-state index in [1.54, 1.807) is 17.0 Å². The minimum atomic E-state index is -0.363. The normalized spacial score (nSPS) is 19.1. The minimum Gasteiger partial charge on any atom is -0.504 e. The van der Waals surface area contributed by atoms with Gasteiger partial charge in [-0.1, -0.05) is 35.5 Å². The molecule has 1 N–H and O–H groups in total. The van der Waals surface area contributed by atoms with E-state index in [0.717, 1.165) is 11.3 Å². The van der Waals surface area contributed by atoms with Gasteiger partial charge in [0, 0.05) is 23.0 Å². The topological polar surface area (TPSA) is 76.8 Å². The molecule has 2 heterocycles. The summed E-state index contributed by atoms with van der Waals surface area (Å²) in [4.78, 5) is 16.7. The van der Waals surface area contributed by atoms with E-state index in [-0.39, 0.29) is 24.0 Å². The molecule has 2 aromatic rings. The molecule has 1 saturated heterocycles. The van der Waals surface area contributed by atoms with Crippen molar-refractivity contribution < 1.29 is 14.6 Å². The predicted molar refractivity (Wildman–Crippen MR) is 113 cm³/mol. The van der Waals surface area contributed by atoms with Gasteiger partial charge < -0.3 is 14.7 Å². The lowest BCUT2D eigenvalue weighted by atomic mass is 9.86. The van der Waals surface area contributed by atoms with Gasteiger partial charge in [-0.3, -0.25) is 9.69 Å². The highest BCUT2D eigenvalue weighted by atomic mass is 35.5. The highest BCUT2D eigenvalue weighted by Crippen LogP contribution is 2.44. The predicted octanol–water partition coefficient (Wildman–Crippen LogP) is 4.27. The number of rotatable bonds is 3. The van der Waals surface area contributed by atoms with Gasteiger partial charge in [0.05, 0.1) is 36.3 Å². The first kappa shape index (κ1) is 19.5. The number of carbonyl (C=O) groups is 1. The molecule has 4 rings (SSSR count). The van der Waals surface area contributed by atoms with Gasteiger partial charge in [0.2, 0.25) is 5.91 Å². The number of fused-ring (bicyclic) bond motifs is 1. The van der Waals surface area contributed by atoms with E-state index in [1.807, 2.05) is 24.3 Å². The molecular formula is C21H18ClN3O3S. The first-order valence-electron chi connectivity index (χ1n) is 8.96. The van der Waals surface area contributed by atoms with Crippen molar-refractivity contribution in [2.24, 2.45) is 0 Å². The zero-order valence-electron chi connectivity index (χ0n) is 15.6. The van der Waals surface area contributed by atoms with Crippen LogP contribution in [0.25, 0.3) is 0 Å². The largest absolute Gasteiger partial charge is 0.504 e. The summed E-state index contributed by atoms with van der Waals surface area (Å²) in [6, 6.07) is 14.8. The van der Waals surface area contributed by atoms with Crippen molar-refractivity contribution in [2.45, 2.75) is 12.3 Å². The Kier molecular flexibility index (Phi) is 5.31. The number of phenolic OH excluding ortho intramolecular Hbond substituents is 1. The number of methoxy groups -OCH3 is 1. The van der Waals surface area contributed by atoms with Crippen LogP contribution in [0.2, 0.25) is 5.02 Å². The SMILES string of the molecule is COc1cc([C@H]2CC(=O)N3CN(c4cccc(Cl)c4)CSC3=C2C#N)ccc1O. The summed E-state index contributed by atoms with van der Waals surface area (Å²) >= 11 is 7.57. The molecule has 1 atom stereocenters. The van der Waals surface area contributed by atoms with Crippen LogP contribution in [0.1, 0.15) is 17.9 Å². The zero-order chi connectivity index (χ0) is 20.5. The summed E-state index contributed by atoms with van der Waals surface area (Å²) in [5.74, 6) is 0.545. The summed E-state index contributed by atoms with van der Waals surface area (Å²) in [7, 11) is 1.47. The second-order valence-electron chi connectivity index (χ2n) is 6.77. The van der Waals surface area contributed by atoms with Gasteiger partial charge in [-0.05, 0) is 35.9 Å². The maximum absolute atomic E-state index is 13.0. The molecule has 0 radical (unpaired) electrons. The summed E-state index contributed by atoms with van der Waals surface area (Å²) in [5, 5.41) is 21.1. The fraction of sp³-hybridized carbons (Fsp3) is 0.238. The lowest BCUT2D eigenvalue weighted by Crippen LogP contribution is -2.47. The molecular weight excluding hydrogens is 410 g/mol. The number of allylic oxidation sites excluding steroid dienone is 1. The van der Waals surface area contributed by atoms with Crippen LogP contribution in [0.4, 0.5) is 5.69 Å². The van der Waals surface area contributed by atoms with Gasteiger partial charge in [0.25, 0.3) is 0 Å². The van der Waals surface area contributed by atoms with Crippen LogP contribution >= 0.6 is 23.4 Å². The number of halogens is 1. The van der Waals surface area contributed by atoms with Gasteiger partial charge in [0.15, 0.2) is 11.5 Å². The quantitative estimate of drug-likeness (QED) is 0.788. The third-order valence-corrected chi connectivity index (χ3v) is 6.46. The third-order valence-electron chi connectivity index (χ3n) is 5.07. The number of nitriles is 1. The molecule has 2 aliphatic rings. The molecule has 0 unspecified atom stereocenters. The number of thioether (sulfide) groups is 1. The van der Waals surface area contributed by atoms with Gasteiger partial charge >= 0.3 is 0 Å². The van der Waals surface area contributed by atoms with E-state index >= 15 is 0 Å². The molecule has 0 bridgehead atoms. The maximum atomic E-state index is 13.0. The fourth-order valence-electron chi connectivity index (χ4n) is 3.59. The molecule has 0 saturated carbocycles.